The SMILES string of the molecule is COc1cccc(OC)c1-c1ccccc1[P+](OS(C)(=O)=O)(C1CCCCC1)C1CCCCC1. The molecule has 34 heavy (non-hydrogen) atoms. The molecule has 0 bridgehead atoms. The monoisotopic (exact) mass is 505 g/mol. The van der Waals surface area contributed by atoms with E-state index in [1.165, 1.54) is 19.1 Å². The zero-order chi connectivity index (χ0) is 24.2. The van der Waals surface area contributed by atoms with Crippen LogP contribution in [0.2, 0.25) is 0 Å². The molecule has 0 radical (unpaired) electrons. The predicted molar refractivity (Wildman–Crippen MR) is 141 cm³/mol. The van der Waals surface area contributed by atoms with Crippen molar-refractivity contribution in [3.05, 3.63) is 42.5 Å². The summed E-state index contributed by atoms with van der Waals surface area (Å²) in [5.41, 5.74) is 2.35. The number of hydrogen-bond acceptors (Lipinski definition) is 5. The van der Waals surface area contributed by atoms with Crippen LogP contribution in [0.5, 0.6) is 11.5 Å². The fourth-order valence-corrected chi connectivity index (χ4v) is 13.7. The van der Waals surface area contributed by atoms with E-state index in [2.05, 4.69) is 12.1 Å². The Morgan fingerprint density at radius 2 is 1.24 bits per heavy atom. The fourth-order valence-electron chi connectivity index (χ4n) is 6.11. The quantitative estimate of drug-likeness (QED) is 0.380. The minimum absolute atomic E-state index is 0.251. The van der Waals surface area contributed by atoms with Gasteiger partial charge in [0.2, 0.25) is 7.49 Å². The van der Waals surface area contributed by atoms with Crippen LogP contribution in [0.15, 0.2) is 42.5 Å². The molecule has 2 aliphatic carbocycles. The molecule has 186 valence electrons. The summed E-state index contributed by atoms with van der Waals surface area (Å²) in [6.45, 7) is 0. The Morgan fingerprint density at radius 1 is 0.735 bits per heavy atom. The molecule has 0 amide bonds. The Kier molecular flexibility index (Phi) is 8.22. The first-order valence-electron chi connectivity index (χ1n) is 12.5. The van der Waals surface area contributed by atoms with Gasteiger partial charge in [0.25, 0.3) is 10.1 Å². The summed E-state index contributed by atoms with van der Waals surface area (Å²) in [7, 11) is -2.93. The van der Waals surface area contributed by atoms with Crippen molar-refractivity contribution in [1.29, 1.82) is 0 Å². The highest BCUT2D eigenvalue weighted by Crippen LogP contribution is 2.73. The lowest BCUT2D eigenvalue weighted by atomic mass is 9.99. The van der Waals surface area contributed by atoms with E-state index in [4.69, 9.17) is 13.4 Å². The summed E-state index contributed by atoms with van der Waals surface area (Å²) < 4.78 is 44.0. The van der Waals surface area contributed by atoms with Crippen LogP contribution in [0.25, 0.3) is 11.1 Å². The number of rotatable bonds is 8. The van der Waals surface area contributed by atoms with Crippen LogP contribution in [-0.4, -0.2) is 40.2 Å². The normalized spacial score (nSPS) is 18.6. The lowest BCUT2D eigenvalue weighted by Gasteiger charge is -2.41. The third-order valence-electron chi connectivity index (χ3n) is 7.47. The summed E-state index contributed by atoms with van der Waals surface area (Å²) in [6.07, 6.45) is 12.3. The Bertz CT molecular complexity index is 1030. The molecule has 0 N–H and O–H groups in total. The van der Waals surface area contributed by atoms with Gasteiger partial charge in [-0.25, -0.2) is 0 Å². The molecule has 2 aliphatic rings. The van der Waals surface area contributed by atoms with E-state index in [0.29, 0.717) is 0 Å². The molecule has 0 heterocycles. The van der Waals surface area contributed by atoms with Crippen molar-refractivity contribution in [2.45, 2.75) is 75.5 Å². The first-order valence-corrected chi connectivity index (χ1v) is 16.2. The van der Waals surface area contributed by atoms with E-state index in [1.807, 2.05) is 30.3 Å². The highest BCUT2D eigenvalue weighted by atomic mass is 32.2. The van der Waals surface area contributed by atoms with Gasteiger partial charge in [0.05, 0.1) is 26.0 Å². The van der Waals surface area contributed by atoms with Gasteiger partial charge < -0.3 is 9.47 Å². The molecule has 0 unspecified atom stereocenters. The molecular formula is C27H38O5PS+. The van der Waals surface area contributed by atoms with Crippen molar-refractivity contribution in [2.75, 3.05) is 20.5 Å². The minimum Gasteiger partial charge on any atom is -0.496 e. The lowest BCUT2D eigenvalue weighted by molar-refractivity contribution is 0.397. The summed E-state index contributed by atoms with van der Waals surface area (Å²) in [5, 5.41) is 1.06. The smallest absolute Gasteiger partial charge is 0.296 e. The lowest BCUT2D eigenvalue weighted by Crippen LogP contribution is -2.37. The topological polar surface area (TPSA) is 61.8 Å². The van der Waals surface area contributed by atoms with Gasteiger partial charge in [0.15, 0.2) is 0 Å². The Hall–Kier alpha value is -1.62. The average molecular weight is 506 g/mol. The highest BCUT2D eigenvalue weighted by Gasteiger charge is 2.60. The first-order chi connectivity index (χ1) is 16.4. The molecule has 4 rings (SSSR count). The zero-order valence-electron chi connectivity index (χ0n) is 20.7. The van der Waals surface area contributed by atoms with Crippen LogP contribution in [0, 0.1) is 0 Å². The predicted octanol–water partition coefficient (Wildman–Crippen LogP) is 6.57. The summed E-state index contributed by atoms with van der Waals surface area (Å²) >= 11 is 0. The molecule has 2 saturated carbocycles. The van der Waals surface area contributed by atoms with Crippen molar-refractivity contribution >= 4 is 22.9 Å². The molecule has 0 saturated heterocycles. The van der Waals surface area contributed by atoms with E-state index < -0.39 is 17.6 Å². The van der Waals surface area contributed by atoms with Crippen LogP contribution in [0.3, 0.4) is 0 Å². The second kappa shape index (κ2) is 11.0. The first kappa shape index (κ1) is 25.5. The molecular weight excluding hydrogens is 467 g/mol. The molecule has 7 heteroatoms. The summed E-state index contributed by atoms with van der Waals surface area (Å²) in [5.74, 6) is 1.44. The van der Waals surface area contributed by atoms with Crippen LogP contribution >= 0.6 is 7.49 Å². The summed E-state index contributed by atoms with van der Waals surface area (Å²) in [6, 6.07) is 14.1. The van der Waals surface area contributed by atoms with Crippen LogP contribution in [0.1, 0.15) is 64.2 Å². The van der Waals surface area contributed by atoms with Gasteiger partial charge in [0, 0.05) is 5.56 Å². The number of benzene rings is 2. The van der Waals surface area contributed by atoms with Crippen LogP contribution in [0.4, 0.5) is 0 Å². The van der Waals surface area contributed by atoms with Gasteiger partial charge in [-0.2, -0.15) is 8.42 Å². The zero-order valence-corrected chi connectivity index (χ0v) is 22.4. The van der Waals surface area contributed by atoms with Gasteiger partial charge in [-0.1, -0.05) is 37.1 Å². The maximum atomic E-state index is 13.0. The van der Waals surface area contributed by atoms with Crippen LogP contribution in [-0.2, 0) is 14.1 Å². The van der Waals surface area contributed by atoms with Crippen LogP contribution < -0.4 is 14.8 Å². The Balaban J connectivity index is 2.02. The van der Waals surface area contributed by atoms with Gasteiger partial charge in [0.1, 0.15) is 28.1 Å². The molecule has 2 aromatic rings. The molecule has 0 atom stereocenters. The maximum Gasteiger partial charge on any atom is 0.296 e. The largest absolute Gasteiger partial charge is 0.496 e. The standard InChI is InChI=1S/C27H38O5PS/c1-30-24-18-12-19-25(31-2)27(24)23-17-10-11-20-26(23)33(32-34(3,28)29,21-13-6-4-7-14-21)22-15-8-5-9-16-22/h10-12,17-22H,4-9,13-16H2,1-3H3/q+1. The number of methoxy groups -OCH3 is 2. The Labute approximate surface area is 205 Å². The average Bonchev–Trinajstić information content (AvgIpc) is 2.87. The molecule has 5 nitrogen and oxygen atoms in total. The van der Waals surface area contributed by atoms with Gasteiger partial charge in [-0.3, -0.25) is 0 Å². The van der Waals surface area contributed by atoms with E-state index in [-0.39, 0.29) is 11.3 Å². The van der Waals surface area contributed by atoms with Crippen molar-refractivity contribution in [3.63, 3.8) is 0 Å². The second-order valence-corrected chi connectivity index (χ2v) is 15.0. The van der Waals surface area contributed by atoms with Gasteiger partial charge in [-0.05, 0) is 69.6 Å². The van der Waals surface area contributed by atoms with Gasteiger partial charge in [-0.15, -0.1) is 3.97 Å². The molecule has 2 aromatic carbocycles. The van der Waals surface area contributed by atoms with Crippen molar-refractivity contribution < 1.29 is 21.9 Å². The summed E-state index contributed by atoms with van der Waals surface area (Å²) in [4.78, 5) is 0. The highest BCUT2D eigenvalue weighted by molar-refractivity contribution is 7.96. The van der Waals surface area contributed by atoms with Crippen molar-refractivity contribution in [2.24, 2.45) is 0 Å². The molecule has 0 spiro atoms. The van der Waals surface area contributed by atoms with Crippen molar-refractivity contribution in [1.82, 2.24) is 0 Å². The van der Waals surface area contributed by atoms with E-state index in [1.54, 1.807) is 14.2 Å². The maximum absolute atomic E-state index is 13.0. The fraction of sp³-hybridized carbons (Fsp3) is 0.556. The van der Waals surface area contributed by atoms with Crippen molar-refractivity contribution in [3.8, 4) is 22.6 Å². The molecule has 2 fully saturated rings. The minimum atomic E-state index is -3.67. The van der Waals surface area contributed by atoms with Gasteiger partial charge >= 0.3 is 0 Å². The molecule has 0 aromatic heterocycles. The third-order valence-corrected chi connectivity index (χ3v) is 13.9. The Morgan fingerprint density at radius 3 is 1.71 bits per heavy atom. The van der Waals surface area contributed by atoms with E-state index in [0.717, 1.165) is 79.3 Å². The number of ether oxygens (including phenoxy) is 2. The van der Waals surface area contributed by atoms with E-state index >= 15 is 0 Å². The third kappa shape index (κ3) is 5.15. The van der Waals surface area contributed by atoms with E-state index in [9.17, 15) is 8.42 Å². The molecule has 0 aliphatic heterocycles. The second-order valence-electron chi connectivity index (χ2n) is 9.63. The number of hydrogen-bond donors (Lipinski definition) is 0.